The minimum Gasteiger partial charge on any atom is -0.440 e. The summed E-state index contributed by atoms with van der Waals surface area (Å²) in [5.74, 6) is 0. The highest BCUT2D eigenvalue weighted by Gasteiger charge is 2.03. The van der Waals surface area contributed by atoms with Gasteiger partial charge in [0.1, 0.15) is 12.0 Å². The normalized spacial score (nSPS) is 9.71. The molecule has 68 valence electrons. The number of nitriles is 1. The molecule has 0 aliphatic heterocycles. The summed E-state index contributed by atoms with van der Waals surface area (Å²) >= 11 is 2.00. The number of halogens is 1. The standard InChI is InChI=1S/C10H5IN2O/c11-10-13-9(6-14-10)8-3-1-2-7(4-8)5-12/h1-4,6H. The summed E-state index contributed by atoms with van der Waals surface area (Å²) in [6.45, 7) is 0. The average Bonchev–Trinajstić information content (AvgIpc) is 2.65. The Morgan fingerprint density at radius 1 is 1.43 bits per heavy atom. The Morgan fingerprint density at radius 2 is 2.29 bits per heavy atom. The molecular weight excluding hydrogens is 291 g/mol. The van der Waals surface area contributed by atoms with E-state index in [1.165, 1.54) is 0 Å². The van der Waals surface area contributed by atoms with Gasteiger partial charge < -0.3 is 4.42 Å². The first-order chi connectivity index (χ1) is 6.79. The van der Waals surface area contributed by atoms with Crippen molar-refractivity contribution in [2.75, 3.05) is 0 Å². The lowest BCUT2D eigenvalue weighted by Gasteiger charge is -1.94. The van der Waals surface area contributed by atoms with E-state index < -0.39 is 0 Å². The van der Waals surface area contributed by atoms with Crippen LogP contribution < -0.4 is 0 Å². The van der Waals surface area contributed by atoms with Crippen molar-refractivity contribution in [3.05, 3.63) is 40.0 Å². The Bertz CT molecular complexity index is 499. The molecule has 0 aliphatic carbocycles. The zero-order chi connectivity index (χ0) is 9.97. The second-order valence-corrected chi connectivity index (χ2v) is 3.60. The number of hydrogen-bond donors (Lipinski definition) is 0. The third-order valence-corrected chi connectivity index (χ3v) is 2.26. The number of aromatic nitrogens is 1. The summed E-state index contributed by atoms with van der Waals surface area (Å²) < 4.78 is 5.68. The molecule has 0 saturated carbocycles. The van der Waals surface area contributed by atoms with Crippen LogP contribution in [0.2, 0.25) is 0 Å². The highest BCUT2D eigenvalue weighted by molar-refractivity contribution is 14.1. The minimum absolute atomic E-state index is 0.597. The van der Waals surface area contributed by atoms with Crippen LogP contribution in [0.1, 0.15) is 5.56 Å². The van der Waals surface area contributed by atoms with E-state index in [4.69, 9.17) is 9.68 Å². The molecule has 2 rings (SSSR count). The first-order valence-electron chi connectivity index (χ1n) is 3.91. The molecule has 0 N–H and O–H groups in total. The minimum atomic E-state index is 0.597. The zero-order valence-electron chi connectivity index (χ0n) is 7.07. The number of benzene rings is 1. The van der Waals surface area contributed by atoms with Crippen LogP contribution >= 0.6 is 22.6 Å². The molecule has 1 aromatic carbocycles. The van der Waals surface area contributed by atoms with Gasteiger partial charge >= 0.3 is 0 Å². The highest BCUT2D eigenvalue weighted by atomic mass is 127. The van der Waals surface area contributed by atoms with Crippen LogP contribution in [0.3, 0.4) is 0 Å². The molecule has 0 radical (unpaired) electrons. The Balaban J connectivity index is 2.47. The van der Waals surface area contributed by atoms with E-state index in [2.05, 4.69) is 11.1 Å². The molecule has 0 fully saturated rings. The van der Waals surface area contributed by atoms with Gasteiger partial charge in [0.25, 0.3) is 3.90 Å². The average molecular weight is 296 g/mol. The van der Waals surface area contributed by atoms with Crippen molar-refractivity contribution >= 4 is 22.6 Å². The van der Waals surface area contributed by atoms with E-state index >= 15 is 0 Å². The Labute approximate surface area is 94.5 Å². The van der Waals surface area contributed by atoms with Gasteiger partial charge in [0.15, 0.2) is 0 Å². The van der Waals surface area contributed by atoms with Crippen molar-refractivity contribution in [2.24, 2.45) is 0 Å². The molecule has 0 aliphatic rings. The quantitative estimate of drug-likeness (QED) is 0.760. The number of hydrogen-bond acceptors (Lipinski definition) is 3. The molecular formula is C10H5IN2O. The maximum atomic E-state index is 8.72. The van der Waals surface area contributed by atoms with Crippen LogP contribution in [0.15, 0.2) is 34.9 Å². The lowest BCUT2D eigenvalue weighted by atomic mass is 10.1. The van der Waals surface area contributed by atoms with Gasteiger partial charge in [-0.2, -0.15) is 5.26 Å². The number of oxazole rings is 1. The molecule has 1 heterocycles. The second kappa shape index (κ2) is 3.80. The van der Waals surface area contributed by atoms with E-state index in [0.717, 1.165) is 11.3 Å². The molecule has 4 heteroatoms. The summed E-state index contributed by atoms with van der Waals surface area (Å²) in [5.41, 5.74) is 2.28. The Morgan fingerprint density at radius 3 is 2.93 bits per heavy atom. The predicted molar refractivity (Wildman–Crippen MR) is 59.4 cm³/mol. The van der Waals surface area contributed by atoms with E-state index in [-0.39, 0.29) is 0 Å². The number of nitrogens with zero attached hydrogens (tertiary/aromatic N) is 2. The summed E-state index contributed by atoms with van der Waals surface area (Å²) in [4.78, 5) is 4.17. The van der Waals surface area contributed by atoms with Gasteiger partial charge in [-0.05, 0) is 12.1 Å². The highest BCUT2D eigenvalue weighted by Crippen LogP contribution is 2.19. The van der Waals surface area contributed by atoms with Crippen LogP contribution in [-0.4, -0.2) is 4.98 Å². The lowest BCUT2D eigenvalue weighted by Crippen LogP contribution is -1.79. The topological polar surface area (TPSA) is 49.8 Å². The molecule has 0 bridgehead atoms. The van der Waals surface area contributed by atoms with Gasteiger partial charge in [-0.3, -0.25) is 0 Å². The summed E-state index contributed by atoms with van der Waals surface area (Å²) in [6.07, 6.45) is 1.58. The van der Waals surface area contributed by atoms with Gasteiger partial charge in [0.2, 0.25) is 0 Å². The maximum Gasteiger partial charge on any atom is 0.257 e. The molecule has 1 aromatic heterocycles. The molecule has 0 amide bonds. The van der Waals surface area contributed by atoms with E-state index in [9.17, 15) is 0 Å². The fourth-order valence-electron chi connectivity index (χ4n) is 1.13. The van der Waals surface area contributed by atoms with Crippen LogP contribution in [0.25, 0.3) is 11.3 Å². The van der Waals surface area contributed by atoms with Gasteiger partial charge in [0, 0.05) is 28.2 Å². The van der Waals surface area contributed by atoms with Crippen molar-refractivity contribution < 1.29 is 4.42 Å². The summed E-state index contributed by atoms with van der Waals surface area (Å²) in [6, 6.07) is 9.35. The second-order valence-electron chi connectivity index (χ2n) is 2.68. The fourth-order valence-corrected chi connectivity index (χ4v) is 1.52. The lowest BCUT2D eigenvalue weighted by molar-refractivity contribution is 0.525. The van der Waals surface area contributed by atoms with Gasteiger partial charge in [-0.1, -0.05) is 12.1 Å². The molecule has 14 heavy (non-hydrogen) atoms. The monoisotopic (exact) mass is 296 g/mol. The van der Waals surface area contributed by atoms with Gasteiger partial charge in [-0.15, -0.1) is 0 Å². The fraction of sp³-hybridized carbons (Fsp3) is 0. The first-order valence-corrected chi connectivity index (χ1v) is 4.99. The third-order valence-electron chi connectivity index (χ3n) is 1.76. The third kappa shape index (κ3) is 1.77. The van der Waals surface area contributed by atoms with Crippen molar-refractivity contribution in [3.8, 4) is 17.3 Å². The number of rotatable bonds is 1. The zero-order valence-corrected chi connectivity index (χ0v) is 9.22. The van der Waals surface area contributed by atoms with Crippen molar-refractivity contribution in [1.29, 1.82) is 5.26 Å². The maximum absolute atomic E-state index is 8.72. The van der Waals surface area contributed by atoms with Crippen LogP contribution in [0.4, 0.5) is 0 Å². The smallest absolute Gasteiger partial charge is 0.257 e. The first kappa shape index (κ1) is 9.21. The van der Waals surface area contributed by atoms with Crippen molar-refractivity contribution in [3.63, 3.8) is 0 Å². The Hall–Kier alpha value is -1.35. The summed E-state index contributed by atoms with van der Waals surface area (Å²) in [5, 5.41) is 8.72. The molecule has 2 aromatic rings. The van der Waals surface area contributed by atoms with Crippen molar-refractivity contribution in [1.82, 2.24) is 4.98 Å². The van der Waals surface area contributed by atoms with E-state index in [1.807, 2.05) is 34.7 Å². The van der Waals surface area contributed by atoms with E-state index in [0.29, 0.717) is 9.46 Å². The SMILES string of the molecule is N#Cc1cccc(-c2coc(I)n2)c1. The van der Waals surface area contributed by atoms with Crippen LogP contribution in [-0.2, 0) is 0 Å². The van der Waals surface area contributed by atoms with Crippen LogP contribution in [0, 0.1) is 15.2 Å². The van der Waals surface area contributed by atoms with E-state index in [1.54, 1.807) is 18.4 Å². The Kier molecular flexibility index (Phi) is 2.50. The largest absolute Gasteiger partial charge is 0.440 e. The predicted octanol–water partition coefficient (Wildman–Crippen LogP) is 2.82. The summed E-state index contributed by atoms with van der Waals surface area (Å²) in [7, 11) is 0. The molecule has 0 unspecified atom stereocenters. The van der Waals surface area contributed by atoms with Crippen LogP contribution in [0.5, 0.6) is 0 Å². The van der Waals surface area contributed by atoms with Gasteiger partial charge in [-0.25, -0.2) is 4.98 Å². The molecule has 0 atom stereocenters. The molecule has 0 spiro atoms. The van der Waals surface area contributed by atoms with Crippen molar-refractivity contribution in [2.45, 2.75) is 0 Å². The molecule has 0 saturated heterocycles. The molecule has 3 nitrogen and oxygen atoms in total. The van der Waals surface area contributed by atoms with Gasteiger partial charge in [0.05, 0.1) is 11.6 Å².